The molecule has 4 rings (SSSR count). The Bertz CT molecular complexity index is 1390. The van der Waals surface area contributed by atoms with Crippen molar-refractivity contribution >= 4 is 52.2 Å². The molecule has 0 unspecified atom stereocenters. The lowest BCUT2D eigenvalue weighted by Crippen LogP contribution is -2.27. The number of methoxy groups -OCH3 is 1. The van der Waals surface area contributed by atoms with E-state index in [-0.39, 0.29) is 27.7 Å². The third-order valence-corrected chi connectivity index (χ3v) is 6.62. The van der Waals surface area contributed by atoms with E-state index >= 15 is 0 Å². The third kappa shape index (κ3) is 6.15. The van der Waals surface area contributed by atoms with Crippen LogP contribution in [0.2, 0.25) is 5.02 Å². The molecule has 0 spiro atoms. The van der Waals surface area contributed by atoms with E-state index in [1.54, 1.807) is 49.6 Å². The molecule has 1 aliphatic rings. The molecule has 6 nitrogen and oxygen atoms in total. The first-order valence-electron chi connectivity index (χ1n) is 10.7. The van der Waals surface area contributed by atoms with Crippen molar-refractivity contribution in [3.05, 3.63) is 98.9 Å². The summed E-state index contributed by atoms with van der Waals surface area (Å²) in [7, 11) is 1.55. The van der Waals surface area contributed by atoms with Crippen molar-refractivity contribution in [1.29, 1.82) is 0 Å². The van der Waals surface area contributed by atoms with Crippen LogP contribution in [0.5, 0.6) is 5.75 Å². The van der Waals surface area contributed by atoms with Crippen molar-refractivity contribution in [2.75, 3.05) is 12.4 Å². The summed E-state index contributed by atoms with van der Waals surface area (Å²) in [6.07, 6.45) is -2.96. The van der Waals surface area contributed by atoms with Gasteiger partial charge in [-0.15, -0.1) is 0 Å². The van der Waals surface area contributed by atoms with Gasteiger partial charge in [0.1, 0.15) is 5.75 Å². The Hall–Kier alpha value is -3.76. The molecule has 190 valence electrons. The smallest absolute Gasteiger partial charge is 0.416 e. The molecule has 0 aromatic heterocycles. The Morgan fingerprint density at radius 2 is 1.73 bits per heavy atom. The first-order chi connectivity index (χ1) is 17.5. The van der Waals surface area contributed by atoms with Gasteiger partial charge < -0.3 is 10.1 Å². The number of hydrogen-bond donors (Lipinski definition) is 1. The molecule has 0 radical (unpaired) electrons. The van der Waals surface area contributed by atoms with Gasteiger partial charge in [-0.3, -0.25) is 19.3 Å². The summed E-state index contributed by atoms with van der Waals surface area (Å²) < 4.78 is 44.0. The zero-order valence-corrected chi connectivity index (χ0v) is 20.7. The van der Waals surface area contributed by atoms with Gasteiger partial charge in [-0.2, -0.15) is 13.2 Å². The number of anilines is 1. The topological polar surface area (TPSA) is 75.7 Å². The van der Waals surface area contributed by atoms with E-state index in [4.69, 9.17) is 16.3 Å². The Morgan fingerprint density at radius 3 is 2.35 bits per heavy atom. The number of nitrogens with one attached hydrogen (secondary N) is 1. The van der Waals surface area contributed by atoms with E-state index in [0.29, 0.717) is 11.3 Å². The maximum atomic E-state index is 13.0. The van der Waals surface area contributed by atoms with Crippen LogP contribution in [0.15, 0.2) is 71.6 Å². The summed E-state index contributed by atoms with van der Waals surface area (Å²) >= 11 is 6.77. The van der Waals surface area contributed by atoms with Crippen LogP contribution in [0, 0.1) is 0 Å². The lowest BCUT2D eigenvalue weighted by atomic mass is 10.1. The van der Waals surface area contributed by atoms with Gasteiger partial charge >= 0.3 is 6.18 Å². The van der Waals surface area contributed by atoms with Crippen molar-refractivity contribution in [1.82, 2.24) is 4.90 Å². The molecule has 3 aromatic carbocycles. The molecule has 0 aliphatic carbocycles. The fourth-order valence-corrected chi connectivity index (χ4v) is 4.43. The summed E-state index contributed by atoms with van der Waals surface area (Å²) in [6, 6.07) is 15.7. The molecule has 0 bridgehead atoms. The molecule has 0 atom stereocenters. The Kier molecular flexibility index (Phi) is 7.60. The van der Waals surface area contributed by atoms with Crippen molar-refractivity contribution in [2.24, 2.45) is 0 Å². The number of carbonyl (C=O) groups excluding carboxylic acids is 3. The summed E-state index contributed by atoms with van der Waals surface area (Å²) in [5, 5.41) is 1.91. The molecule has 1 aliphatic heterocycles. The molecule has 0 saturated carbocycles. The van der Waals surface area contributed by atoms with Crippen LogP contribution in [-0.4, -0.2) is 29.1 Å². The van der Waals surface area contributed by atoms with Crippen molar-refractivity contribution in [3.8, 4) is 5.75 Å². The molecular weight excluding hydrogens is 529 g/mol. The van der Waals surface area contributed by atoms with Gasteiger partial charge in [0.25, 0.3) is 17.1 Å². The molecule has 1 heterocycles. The highest BCUT2D eigenvalue weighted by atomic mass is 35.5. The number of halogens is 4. The van der Waals surface area contributed by atoms with Gasteiger partial charge in [-0.25, -0.2) is 0 Å². The molecule has 1 N–H and O–H groups in total. The Labute approximate surface area is 219 Å². The SMILES string of the molecule is COc1ccc(/C=C2\SC(=O)N(Cc3ccc(C(=O)Nc4cc(C(F)(F)F)ccc4Cl)cc3)C2=O)cc1. The third-order valence-electron chi connectivity index (χ3n) is 5.39. The van der Waals surface area contributed by atoms with E-state index in [2.05, 4.69) is 5.32 Å². The minimum absolute atomic E-state index is 0.00796. The Balaban J connectivity index is 1.43. The van der Waals surface area contributed by atoms with Crippen LogP contribution in [0.4, 0.5) is 23.7 Å². The van der Waals surface area contributed by atoms with Crippen LogP contribution in [0.1, 0.15) is 27.0 Å². The number of imide groups is 1. The van der Waals surface area contributed by atoms with Gasteiger partial charge in [0.2, 0.25) is 0 Å². The number of nitrogens with zero attached hydrogens (tertiary/aromatic N) is 1. The number of amides is 3. The second-order valence-corrected chi connectivity index (χ2v) is 9.28. The minimum Gasteiger partial charge on any atom is -0.497 e. The lowest BCUT2D eigenvalue weighted by Gasteiger charge is -2.13. The first-order valence-corrected chi connectivity index (χ1v) is 11.9. The average molecular weight is 547 g/mol. The minimum atomic E-state index is -4.59. The van der Waals surface area contributed by atoms with Crippen molar-refractivity contribution in [2.45, 2.75) is 12.7 Å². The molecule has 1 saturated heterocycles. The first kappa shape index (κ1) is 26.3. The van der Waals surface area contributed by atoms with E-state index in [0.717, 1.165) is 40.4 Å². The highest BCUT2D eigenvalue weighted by Gasteiger charge is 2.35. The summed E-state index contributed by atoms with van der Waals surface area (Å²) in [6.45, 7) is -0.00796. The predicted octanol–water partition coefficient (Wildman–Crippen LogP) is 6.86. The summed E-state index contributed by atoms with van der Waals surface area (Å²) in [5.74, 6) is -0.437. The van der Waals surface area contributed by atoms with Crippen molar-refractivity contribution in [3.63, 3.8) is 0 Å². The van der Waals surface area contributed by atoms with Gasteiger partial charge in [0.05, 0.1) is 34.8 Å². The number of benzene rings is 3. The standard InChI is InChI=1S/C26H18ClF3N2O4S/c1-36-19-9-4-15(5-10-19)12-22-24(34)32(25(35)37-22)14-16-2-6-17(7-3-16)23(33)31-21-13-18(26(28,29)30)8-11-20(21)27/h2-13H,14H2,1H3,(H,31,33)/b22-12-. The highest BCUT2D eigenvalue weighted by Crippen LogP contribution is 2.35. The zero-order chi connectivity index (χ0) is 26.7. The van der Waals surface area contributed by atoms with E-state index in [1.807, 2.05) is 0 Å². The normalized spacial score (nSPS) is 14.8. The predicted molar refractivity (Wildman–Crippen MR) is 135 cm³/mol. The quantitative estimate of drug-likeness (QED) is 0.342. The zero-order valence-electron chi connectivity index (χ0n) is 19.1. The van der Waals surface area contributed by atoms with Gasteiger partial charge in [-0.1, -0.05) is 35.9 Å². The molecular formula is C26H18ClF3N2O4S. The van der Waals surface area contributed by atoms with Crippen LogP contribution in [-0.2, 0) is 17.5 Å². The largest absolute Gasteiger partial charge is 0.497 e. The van der Waals surface area contributed by atoms with Crippen LogP contribution in [0.25, 0.3) is 6.08 Å². The number of thioether (sulfide) groups is 1. The molecule has 3 amide bonds. The van der Waals surface area contributed by atoms with E-state index in [1.165, 1.54) is 12.1 Å². The average Bonchev–Trinajstić information content (AvgIpc) is 3.12. The number of hydrogen-bond acceptors (Lipinski definition) is 5. The number of rotatable bonds is 6. The number of carbonyl (C=O) groups is 3. The second kappa shape index (κ2) is 10.7. The van der Waals surface area contributed by atoms with Crippen LogP contribution >= 0.6 is 23.4 Å². The fraction of sp³-hybridized carbons (Fsp3) is 0.115. The van der Waals surface area contributed by atoms with E-state index < -0.39 is 28.8 Å². The molecule has 1 fully saturated rings. The maximum absolute atomic E-state index is 13.0. The second-order valence-electron chi connectivity index (χ2n) is 7.88. The lowest BCUT2D eigenvalue weighted by molar-refractivity contribution is -0.137. The van der Waals surface area contributed by atoms with Gasteiger partial charge in [0.15, 0.2) is 0 Å². The molecule has 3 aromatic rings. The fourth-order valence-electron chi connectivity index (χ4n) is 3.42. The van der Waals surface area contributed by atoms with Crippen LogP contribution < -0.4 is 10.1 Å². The Morgan fingerprint density at radius 1 is 1.05 bits per heavy atom. The molecule has 11 heteroatoms. The summed E-state index contributed by atoms with van der Waals surface area (Å²) in [4.78, 5) is 39.2. The van der Waals surface area contributed by atoms with Gasteiger partial charge in [0, 0.05) is 5.56 Å². The summed E-state index contributed by atoms with van der Waals surface area (Å²) in [5.41, 5.74) is 0.364. The van der Waals surface area contributed by atoms with E-state index in [9.17, 15) is 27.6 Å². The van der Waals surface area contributed by atoms with Crippen molar-refractivity contribution < 1.29 is 32.3 Å². The number of alkyl halides is 3. The monoisotopic (exact) mass is 546 g/mol. The highest BCUT2D eigenvalue weighted by molar-refractivity contribution is 8.18. The maximum Gasteiger partial charge on any atom is 0.416 e. The number of ether oxygens (including phenoxy) is 1. The van der Waals surface area contributed by atoms with Crippen LogP contribution in [0.3, 0.4) is 0 Å². The van der Waals surface area contributed by atoms with Gasteiger partial charge in [-0.05, 0) is 71.4 Å². The molecule has 37 heavy (non-hydrogen) atoms.